The van der Waals surface area contributed by atoms with E-state index in [0.717, 1.165) is 43.2 Å². The molecule has 0 radical (unpaired) electrons. The highest BCUT2D eigenvalue weighted by Gasteiger charge is 2.23. The lowest BCUT2D eigenvalue weighted by molar-refractivity contribution is 0.539. The zero-order valence-electron chi connectivity index (χ0n) is 12.9. The number of nitrogens with zero attached hydrogens (tertiary/aromatic N) is 1. The first-order chi connectivity index (χ1) is 10.7. The summed E-state index contributed by atoms with van der Waals surface area (Å²) in [5.41, 5.74) is 4.70. The highest BCUT2D eigenvalue weighted by atomic mass is 19.1. The van der Waals surface area contributed by atoms with E-state index >= 15 is 0 Å². The van der Waals surface area contributed by atoms with Crippen LogP contribution in [0.4, 0.5) is 4.39 Å². The number of aryl methyl sites for hydroxylation is 1. The summed E-state index contributed by atoms with van der Waals surface area (Å²) in [7, 11) is 0. The summed E-state index contributed by atoms with van der Waals surface area (Å²) in [6.45, 7) is 2.19. The second-order valence-electron chi connectivity index (χ2n) is 6.11. The van der Waals surface area contributed by atoms with Gasteiger partial charge in [-0.2, -0.15) is 5.26 Å². The van der Waals surface area contributed by atoms with Crippen LogP contribution in [0.5, 0.6) is 0 Å². The van der Waals surface area contributed by atoms with Crippen LogP contribution in [-0.4, -0.2) is 0 Å². The number of hydrogen-bond donors (Lipinski definition) is 0. The molecule has 0 aliphatic heterocycles. The zero-order valence-corrected chi connectivity index (χ0v) is 12.9. The van der Waals surface area contributed by atoms with Crippen molar-refractivity contribution in [2.75, 3.05) is 0 Å². The second-order valence-corrected chi connectivity index (χ2v) is 6.11. The Labute approximate surface area is 131 Å². The molecule has 1 unspecified atom stereocenters. The van der Waals surface area contributed by atoms with E-state index in [9.17, 15) is 4.39 Å². The van der Waals surface area contributed by atoms with Crippen molar-refractivity contribution in [2.24, 2.45) is 0 Å². The van der Waals surface area contributed by atoms with Gasteiger partial charge in [0, 0.05) is 0 Å². The van der Waals surface area contributed by atoms with Crippen molar-refractivity contribution in [3.8, 4) is 6.07 Å². The number of fused-ring (bicyclic) bond motifs is 1. The Bertz CT molecular complexity index is 710. The van der Waals surface area contributed by atoms with Gasteiger partial charge in [0.1, 0.15) is 11.9 Å². The van der Waals surface area contributed by atoms with Crippen LogP contribution in [0, 0.1) is 17.1 Å². The molecule has 2 heteroatoms. The highest BCUT2D eigenvalue weighted by Crippen LogP contribution is 2.34. The van der Waals surface area contributed by atoms with Gasteiger partial charge in [0.05, 0.1) is 5.56 Å². The summed E-state index contributed by atoms with van der Waals surface area (Å²) in [6, 6.07) is 14.3. The summed E-state index contributed by atoms with van der Waals surface area (Å²) < 4.78 is 14.2. The Balaban J connectivity index is 1.82. The average molecular weight is 293 g/mol. The Morgan fingerprint density at radius 2 is 1.95 bits per heavy atom. The van der Waals surface area contributed by atoms with Gasteiger partial charge in [-0.1, -0.05) is 43.7 Å². The standard InChI is InChI=1S/C20H20FN/c1-2-3-14-4-6-15(7-5-14)16-10-11-19-17(12-16)8-9-18(13-22)20(19)21/h4-9,16H,2-3,10-12H2,1H3. The normalized spacial score (nSPS) is 16.9. The van der Waals surface area contributed by atoms with Crippen molar-refractivity contribution in [1.82, 2.24) is 0 Å². The van der Waals surface area contributed by atoms with Crippen molar-refractivity contribution in [3.63, 3.8) is 0 Å². The second kappa shape index (κ2) is 6.32. The predicted octanol–water partition coefficient (Wildman–Crippen LogP) is 4.92. The molecular weight excluding hydrogens is 273 g/mol. The first-order valence-corrected chi connectivity index (χ1v) is 8.02. The summed E-state index contributed by atoms with van der Waals surface area (Å²) in [5.74, 6) is 0.146. The number of rotatable bonds is 3. The van der Waals surface area contributed by atoms with Gasteiger partial charge in [-0.15, -0.1) is 0 Å². The maximum atomic E-state index is 14.2. The van der Waals surface area contributed by atoms with E-state index in [4.69, 9.17) is 5.26 Å². The van der Waals surface area contributed by atoms with Gasteiger partial charge in [0.25, 0.3) is 0 Å². The van der Waals surface area contributed by atoms with Crippen LogP contribution < -0.4 is 0 Å². The monoisotopic (exact) mass is 293 g/mol. The molecule has 1 atom stereocenters. The molecule has 0 bridgehead atoms. The van der Waals surface area contributed by atoms with Crippen molar-refractivity contribution in [1.29, 1.82) is 5.26 Å². The van der Waals surface area contributed by atoms with Crippen LogP contribution >= 0.6 is 0 Å². The minimum absolute atomic E-state index is 0.168. The van der Waals surface area contributed by atoms with Gasteiger partial charge in [-0.25, -0.2) is 4.39 Å². The number of hydrogen-bond acceptors (Lipinski definition) is 1. The van der Waals surface area contributed by atoms with E-state index in [0.29, 0.717) is 5.92 Å². The van der Waals surface area contributed by atoms with Crippen LogP contribution in [0.1, 0.15) is 53.5 Å². The predicted molar refractivity (Wildman–Crippen MR) is 86.3 cm³/mol. The summed E-state index contributed by atoms with van der Waals surface area (Å²) >= 11 is 0. The largest absolute Gasteiger partial charge is 0.205 e. The molecule has 0 amide bonds. The van der Waals surface area contributed by atoms with Gasteiger partial charge in [-0.3, -0.25) is 0 Å². The first-order valence-electron chi connectivity index (χ1n) is 8.02. The van der Waals surface area contributed by atoms with Crippen LogP contribution in [0.3, 0.4) is 0 Å². The third-order valence-corrected chi connectivity index (χ3v) is 4.66. The van der Waals surface area contributed by atoms with E-state index in [1.54, 1.807) is 6.07 Å². The molecule has 2 aromatic carbocycles. The maximum Gasteiger partial charge on any atom is 0.144 e. The van der Waals surface area contributed by atoms with E-state index in [1.165, 1.54) is 11.1 Å². The lowest BCUT2D eigenvalue weighted by atomic mass is 9.79. The fourth-order valence-corrected chi connectivity index (χ4v) is 3.42. The molecule has 0 spiro atoms. The van der Waals surface area contributed by atoms with Crippen molar-refractivity contribution >= 4 is 0 Å². The lowest BCUT2D eigenvalue weighted by Crippen LogP contribution is -2.15. The molecule has 0 N–H and O–H groups in total. The molecule has 1 aliphatic rings. The molecule has 0 aromatic heterocycles. The van der Waals surface area contributed by atoms with E-state index in [2.05, 4.69) is 31.2 Å². The topological polar surface area (TPSA) is 23.8 Å². The number of halogens is 1. The van der Waals surface area contributed by atoms with Gasteiger partial charge in [-0.05, 0) is 59.9 Å². The minimum Gasteiger partial charge on any atom is -0.205 e. The summed E-state index contributed by atoms with van der Waals surface area (Å²) in [5, 5.41) is 8.93. The summed E-state index contributed by atoms with van der Waals surface area (Å²) in [6.07, 6.45) is 4.82. The fourth-order valence-electron chi connectivity index (χ4n) is 3.42. The molecule has 0 fully saturated rings. The smallest absolute Gasteiger partial charge is 0.144 e. The number of nitriles is 1. The molecule has 1 aliphatic carbocycles. The molecule has 2 aromatic rings. The van der Waals surface area contributed by atoms with Gasteiger partial charge >= 0.3 is 0 Å². The van der Waals surface area contributed by atoms with Crippen molar-refractivity contribution in [2.45, 2.75) is 44.9 Å². The molecule has 22 heavy (non-hydrogen) atoms. The third-order valence-electron chi connectivity index (χ3n) is 4.66. The van der Waals surface area contributed by atoms with E-state index < -0.39 is 0 Å². The Hall–Kier alpha value is -2.14. The van der Waals surface area contributed by atoms with E-state index in [1.807, 2.05) is 12.1 Å². The quantitative estimate of drug-likeness (QED) is 0.787. The van der Waals surface area contributed by atoms with Crippen LogP contribution in [0.2, 0.25) is 0 Å². The zero-order chi connectivity index (χ0) is 15.5. The lowest BCUT2D eigenvalue weighted by Gasteiger charge is -2.25. The first kappa shape index (κ1) is 14.8. The minimum atomic E-state index is -0.309. The molecule has 112 valence electrons. The molecular formula is C20H20FN. The van der Waals surface area contributed by atoms with Gasteiger partial charge in [0.15, 0.2) is 0 Å². The Kier molecular flexibility index (Phi) is 4.24. The maximum absolute atomic E-state index is 14.2. The highest BCUT2D eigenvalue weighted by molar-refractivity contribution is 5.43. The third kappa shape index (κ3) is 2.76. The fraction of sp³-hybridized carbons (Fsp3) is 0.350. The molecule has 0 saturated heterocycles. The van der Waals surface area contributed by atoms with Gasteiger partial charge in [0.2, 0.25) is 0 Å². The Morgan fingerprint density at radius 3 is 2.64 bits per heavy atom. The van der Waals surface area contributed by atoms with Crippen LogP contribution in [0.25, 0.3) is 0 Å². The van der Waals surface area contributed by atoms with Crippen molar-refractivity contribution < 1.29 is 4.39 Å². The van der Waals surface area contributed by atoms with Gasteiger partial charge < -0.3 is 0 Å². The molecule has 0 saturated carbocycles. The molecule has 1 nitrogen and oxygen atoms in total. The SMILES string of the molecule is CCCc1ccc(C2CCc3c(ccc(C#N)c3F)C2)cc1. The number of benzene rings is 2. The summed E-state index contributed by atoms with van der Waals surface area (Å²) in [4.78, 5) is 0. The molecule has 0 heterocycles. The van der Waals surface area contributed by atoms with Crippen LogP contribution in [-0.2, 0) is 19.3 Å². The van der Waals surface area contributed by atoms with E-state index in [-0.39, 0.29) is 11.4 Å². The van der Waals surface area contributed by atoms with Crippen LogP contribution in [0.15, 0.2) is 36.4 Å². The van der Waals surface area contributed by atoms with Crippen molar-refractivity contribution in [3.05, 3.63) is 70.0 Å². The Morgan fingerprint density at radius 1 is 1.18 bits per heavy atom. The molecule has 3 rings (SSSR count). The average Bonchev–Trinajstić information content (AvgIpc) is 2.56.